The number of aromatic nitrogens is 3. The summed E-state index contributed by atoms with van der Waals surface area (Å²) >= 11 is 0. The molecule has 2 aromatic heterocycles. The van der Waals surface area contributed by atoms with Gasteiger partial charge in [-0.15, -0.1) is 0 Å². The van der Waals surface area contributed by atoms with Crippen molar-refractivity contribution < 1.29 is 0 Å². The molecule has 136 valence electrons. The lowest BCUT2D eigenvalue weighted by Crippen LogP contribution is -2.02. The molecule has 0 spiro atoms. The van der Waals surface area contributed by atoms with Crippen LogP contribution in [0.2, 0.25) is 0 Å². The minimum Gasteiger partial charge on any atom is -0.379 e. The zero-order valence-corrected chi connectivity index (χ0v) is 15.1. The molecule has 0 aliphatic rings. The molecular weight excluding hydrogens is 348 g/mol. The van der Waals surface area contributed by atoms with E-state index in [1.165, 1.54) is 16.3 Å². The Morgan fingerprint density at radius 3 is 2.68 bits per heavy atom. The zero-order chi connectivity index (χ0) is 18.9. The van der Waals surface area contributed by atoms with Crippen LogP contribution < -0.4 is 11.0 Å². The number of anilines is 1. The van der Waals surface area contributed by atoms with Crippen molar-refractivity contribution in [1.82, 2.24) is 15.0 Å². The molecule has 5 heteroatoms. The fourth-order valence-corrected chi connectivity index (χ4v) is 3.59. The van der Waals surface area contributed by atoms with Gasteiger partial charge in [0.25, 0.3) is 0 Å². The highest BCUT2D eigenvalue weighted by Gasteiger charge is 2.09. The van der Waals surface area contributed by atoms with Gasteiger partial charge in [-0.25, -0.2) is 4.79 Å². The Morgan fingerprint density at radius 1 is 0.857 bits per heavy atom. The quantitative estimate of drug-likeness (QED) is 0.432. The first kappa shape index (κ1) is 16.3. The number of H-pyrrole nitrogens is 2. The van der Waals surface area contributed by atoms with Gasteiger partial charge in [-0.2, -0.15) is 0 Å². The standard InChI is InChI=1S/C23H18N4O/c28-23-26-19-11-10-16(13-21(19)27-23)22-20(9-4-12-24-22)25-14-17-7-3-6-15-5-1-2-8-18(15)17/h1-13,25H,14H2,(H2,26,27,28). The lowest BCUT2D eigenvalue weighted by molar-refractivity contribution is 1.15. The van der Waals surface area contributed by atoms with E-state index in [9.17, 15) is 4.79 Å². The monoisotopic (exact) mass is 366 g/mol. The van der Waals surface area contributed by atoms with Crippen LogP contribution >= 0.6 is 0 Å². The van der Waals surface area contributed by atoms with Crippen molar-refractivity contribution in [1.29, 1.82) is 0 Å². The molecule has 5 nitrogen and oxygen atoms in total. The molecule has 0 fully saturated rings. The van der Waals surface area contributed by atoms with Gasteiger partial charge >= 0.3 is 5.69 Å². The lowest BCUT2D eigenvalue weighted by Gasteiger charge is -2.13. The number of imidazole rings is 1. The highest BCUT2D eigenvalue weighted by molar-refractivity contribution is 5.87. The number of nitrogens with one attached hydrogen (secondary N) is 3. The molecule has 0 aliphatic carbocycles. The molecule has 5 rings (SSSR count). The molecule has 5 aromatic rings. The molecule has 0 radical (unpaired) electrons. The summed E-state index contributed by atoms with van der Waals surface area (Å²) in [5, 5.41) is 6.01. The Balaban J connectivity index is 1.50. The molecule has 28 heavy (non-hydrogen) atoms. The summed E-state index contributed by atoms with van der Waals surface area (Å²) in [6.45, 7) is 0.698. The maximum absolute atomic E-state index is 11.5. The van der Waals surface area contributed by atoms with Gasteiger partial charge in [-0.05, 0) is 40.6 Å². The first-order valence-corrected chi connectivity index (χ1v) is 9.16. The van der Waals surface area contributed by atoms with E-state index < -0.39 is 0 Å². The van der Waals surface area contributed by atoms with Crippen LogP contribution in [-0.2, 0) is 6.54 Å². The second kappa shape index (κ2) is 6.70. The molecule has 0 saturated carbocycles. The first-order chi connectivity index (χ1) is 13.8. The van der Waals surface area contributed by atoms with Crippen LogP contribution in [0.15, 0.2) is 83.8 Å². The van der Waals surface area contributed by atoms with E-state index in [0.717, 1.165) is 28.0 Å². The van der Waals surface area contributed by atoms with Gasteiger partial charge in [0.2, 0.25) is 0 Å². The predicted octanol–water partition coefficient (Wildman–Crippen LogP) is 4.68. The van der Waals surface area contributed by atoms with Gasteiger partial charge in [0, 0.05) is 18.3 Å². The molecule has 3 N–H and O–H groups in total. The Hall–Kier alpha value is -3.86. The number of nitrogens with zero attached hydrogens (tertiary/aromatic N) is 1. The summed E-state index contributed by atoms with van der Waals surface area (Å²) in [4.78, 5) is 21.7. The first-order valence-electron chi connectivity index (χ1n) is 9.16. The molecule has 0 bridgehead atoms. The van der Waals surface area contributed by atoms with Crippen LogP contribution in [0.5, 0.6) is 0 Å². The smallest absolute Gasteiger partial charge is 0.323 e. The number of rotatable bonds is 4. The Bertz CT molecular complexity index is 1340. The number of aromatic amines is 2. The average molecular weight is 366 g/mol. The van der Waals surface area contributed by atoms with Gasteiger partial charge in [0.15, 0.2) is 0 Å². The normalized spacial score (nSPS) is 11.1. The molecule has 0 unspecified atom stereocenters. The Morgan fingerprint density at radius 2 is 1.71 bits per heavy atom. The number of hydrogen-bond donors (Lipinski definition) is 3. The number of pyridine rings is 1. The van der Waals surface area contributed by atoms with E-state index in [4.69, 9.17) is 0 Å². The topological polar surface area (TPSA) is 73.6 Å². The fraction of sp³-hybridized carbons (Fsp3) is 0.0435. The molecule has 3 aromatic carbocycles. The largest absolute Gasteiger partial charge is 0.379 e. The van der Waals surface area contributed by atoms with Crippen molar-refractivity contribution in [2.75, 3.05) is 5.32 Å². The van der Waals surface area contributed by atoms with Crippen molar-refractivity contribution >= 4 is 27.5 Å². The lowest BCUT2D eigenvalue weighted by atomic mass is 10.0. The van der Waals surface area contributed by atoms with E-state index in [1.54, 1.807) is 6.20 Å². The van der Waals surface area contributed by atoms with Gasteiger partial charge in [0.1, 0.15) is 0 Å². The summed E-state index contributed by atoms with van der Waals surface area (Å²) in [6.07, 6.45) is 1.78. The van der Waals surface area contributed by atoms with Gasteiger partial charge in [-0.3, -0.25) is 4.98 Å². The van der Waals surface area contributed by atoms with Crippen LogP contribution in [0.3, 0.4) is 0 Å². The van der Waals surface area contributed by atoms with Crippen LogP contribution in [0.25, 0.3) is 33.1 Å². The van der Waals surface area contributed by atoms with E-state index in [1.807, 2.05) is 30.3 Å². The maximum atomic E-state index is 11.5. The molecular formula is C23H18N4O. The third-order valence-electron chi connectivity index (χ3n) is 4.95. The van der Waals surface area contributed by atoms with Gasteiger partial charge in [-0.1, -0.05) is 48.5 Å². The Kier molecular flexibility index (Phi) is 3.91. The van der Waals surface area contributed by atoms with Crippen LogP contribution in [0, 0.1) is 0 Å². The molecule has 0 atom stereocenters. The second-order valence-electron chi connectivity index (χ2n) is 6.73. The molecule has 2 heterocycles. The predicted molar refractivity (Wildman–Crippen MR) is 113 cm³/mol. The van der Waals surface area contributed by atoms with Gasteiger partial charge in [0.05, 0.1) is 22.4 Å². The minimum absolute atomic E-state index is 0.206. The van der Waals surface area contributed by atoms with Crippen molar-refractivity contribution in [3.05, 3.63) is 95.0 Å². The highest BCUT2D eigenvalue weighted by atomic mass is 16.1. The summed E-state index contributed by atoms with van der Waals surface area (Å²) in [6, 6.07) is 24.5. The van der Waals surface area contributed by atoms with E-state index >= 15 is 0 Å². The van der Waals surface area contributed by atoms with Crippen LogP contribution in [0.1, 0.15) is 5.56 Å². The van der Waals surface area contributed by atoms with Crippen molar-refractivity contribution in [2.45, 2.75) is 6.54 Å². The minimum atomic E-state index is -0.206. The molecule has 0 saturated heterocycles. The average Bonchev–Trinajstić information content (AvgIpc) is 3.11. The maximum Gasteiger partial charge on any atom is 0.323 e. The summed E-state index contributed by atoms with van der Waals surface area (Å²) < 4.78 is 0. The summed E-state index contributed by atoms with van der Waals surface area (Å²) in [5.74, 6) is 0. The fourth-order valence-electron chi connectivity index (χ4n) is 3.59. The SMILES string of the molecule is O=c1[nH]c2ccc(-c3ncccc3NCc3cccc4ccccc34)cc2[nH]1. The van der Waals surface area contributed by atoms with E-state index in [-0.39, 0.29) is 5.69 Å². The third-order valence-corrected chi connectivity index (χ3v) is 4.95. The summed E-state index contributed by atoms with van der Waals surface area (Å²) in [5.41, 5.74) is 5.34. The van der Waals surface area contributed by atoms with E-state index in [2.05, 4.69) is 62.7 Å². The number of fused-ring (bicyclic) bond motifs is 2. The second-order valence-corrected chi connectivity index (χ2v) is 6.73. The highest BCUT2D eigenvalue weighted by Crippen LogP contribution is 2.28. The van der Waals surface area contributed by atoms with Crippen molar-refractivity contribution in [3.8, 4) is 11.3 Å². The summed E-state index contributed by atoms with van der Waals surface area (Å²) in [7, 11) is 0. The van der Waals surface area contributed by atoms with E-state index in [0.29, 0.717) is 6.54 Å². The number of hydrogen-bond acceptors (Lipinski definition) is 3. The van der Waals surface area contributed by atoms with Crippen LogP contribution in [-0.4, -0.2) is 15.0 Å². The number of benzene rings is 3. The zero-order valence-electron chi connectivity index (χ0n) is 15.1. The van der Waals surface area contributed by atoms with Gasteiger partial charge < -0.3 is 15.3 Å². The molecule has 0 aliphatic heterocycles. The van der Waals surface area contributed by atoms with Crippen molar-refractivity contribution in [2.24, 2.45) is 0 Å². The third kappa shape index (κ3) is 2.93. The Labute approximate surface area is 161 Å². The van der Waals surface area contributed by atoms with Crippen molar-refractivity contribution in [3.63, 3.8) is 0 Å². The molecule has 0 amide bonds. The van der Waals surface area contributed by atoms with Crippen LogP contribution in [0.4, 0.5) is 5.69 Å².